The second-order valence-corrected chi connectivity index (χ2v) is 9.91. The molecule has 1 aromatic carbocycles. The van der Waals surface area contributed by atoms with Crippen molar-refractivity contribution in [1.82, 2.24) is 14.9 Å². The van der Waals surface area contributed by atoms with Crippen molar-refractivity contribution < 1.29 is 0 Å². The van der Waals surface area contributed by atoms with E-state index in [1.165, 1.54) is 36.1 Å². The summed E-state index contributed by atoms with van der Waals surface area (Å²) in [6.07, 6.45) is 11.0. The molecule has 0 spiro atoms. The van der Waals surface area contributed by atoms with Crippen LogP contribution in [0.5, 0.6) is 0 Å². The lowest BCUT2D eigenvalue weighted by Gasteiger charge is -2.26. The van der Waals surface area contributed by atoms with Gasteiger partial charge in [-0.3, -0.25) is 9.36 Å². The number of benzene rings is 1. The van der Waals surface area contributed by atoms with Crippen LogP contribution in [0.15, 0.2) is 35.4 Å². The Morgan fingerprint density at radius 2 is 2.07 bits per heavy atom. The van der Waals surface area contributed by atoms with Crippen molar-refractivity contribution in [2.75, 3.05) is 0 Å². The van der Waals surface area contributed by atoms with E-state index in [2.05, 4.69) is 10.3 Å². The fourth-order valence-corrected chi connectivity index (χ4v) is 6.34. The molecule has 2 heterocycles. The van der Waals surface area contributed by atoms with Gasteiger partial charge in [-0.25, -0.2) is 4.98 Å². The average molecular weight is 428 g/mol. The van der Waals surface area contributed by atoms with Gasteiger partial charge >= 0.3 is 0 Å². The number of thiophene rings is 1. The van der Waals surface area contributed by atoms with Crippen LogP contribution < -0.4 is 10.9 Å². The zero-order valence-electron chi connectivity index (χ0n) is 16.5. The molecule has 6 heteroatoms. The lowest BCUT2D eigenvalue weighted by molar-refractivity contribution is 0.399. The highest BCUT2D eigenvalue weighted by molar-refractivity contribution is 7.18. The molecule has 4 nitrogen and oxygen atoms in total. The summed E-state index contributed by atoms with van der Waals surface area (Å²) in [7, 11) is 0. The van der Waals surface area contributed by atoms with Gasteiger partial charge in [0.15, 0.2) is 0 Å². The van der Waals surface area contributed by atoms with E-state index in [0.29, 0.717) is 18.6 Å². The molecule has 1 atom stereocenters. The Bertz CT molecular complexity index is 1080. The highest BCUT2D eigenvalue weighted by Gasteiger charge is 2.27. The highest BCUT2D eigenvalue weighted by Crippen LogP contribution is 2.34. The Labute approximate surface area is 179 Å². The minimum atomic E-state index is 0.108. The molecule has 2 aliphatic carbocycles. The first kappa shape index (κ1) is 19.3. The quantitative estimate of drug-likeness (QED) is 0.639. The largest absolute Gasteiger partial charge is 0.311 e. The second-order valence-electron chi connectivity index (χ2n) is 8.39. The van der Waals surface area contributed by atoms with E-state index in [1.54, 1.807) is 22.2 Å². The van der Waals surface area contributed by atoms with Crippen LogP contribution in [0.25, 0.3) is 10.2 Å². The number of fused-ring (bicyclic) bond motifs is 3. The van der Waals surface area contributed by atoms with Crippen molar-refractivity contribution in [3.8, 4) is 0 Å². The number of nitrogens with one attached hydrogen (secondary N) is 1. The van der Waals surface area contributed by atoms with Crippen molar-refractivity contribution in [2.24, 2.45) is 0 Å². The molecular formula is C23H26ClN3OS. The normalized spacial score (nSPS) is 19.7. The smallest absolute Gasteiger partial charge is 0.262 e. The Balaban J connectivity index is 1.36. The zero-order valence-corrected chi connectivity index (χ0v) is 18.1. The molecule has 152 valence electrons. The monoisotopic (exact) mass is 427 g/mol. The van der Waals surface area contributed by atoms with Gasteiger partial charge in [-0.15, -0.1) is 11.3 Å². The molecule has 1 fully saturated rings. The third kappa shape index (κ3) is 4.00. The SMILES string of the molecule is O=c1c2c3c(sc2ncn1CCc1cccc(Cl)c1)C[C@@H](NC1CCCC1)CC3. The van der Waals surface area contributed by atoms with E-state index in [1.807, 2.05) is 24.3 Å². The Morgan fingerprint density at radius 1 is 1.21 bits per heavy atom. The van der Waals surface area contributed by atoms with Crippen LogP contribution in [0.3, 0.4) is 0 Å². The summed E-state index contributed by atoms with van der Waals surface area (Å²) in [4.78, 5) is 20.1. The number of hydrogen-bond donors (Lipinski definition) is 1. The van der Waals surface area contributed by atoms with Gasteiger partial charge < -0.3 is 5.32 Å². The first-order valence-corrected chi connectivity index (χ1v) is 11.9. The number of aromatic nitrogens is 2. The number of aryl methyl sites for hydroxylation is 3. The first-order valence-electron chi connectivity index (χ1n) is 10.7. The number of rotatable bonds is 5. The maximum atomic E-state index is 13.2. The maximum Gasteiger partial charge on any atom is 0.262 e. The molecule has 2 aromatic heterocycles. The van der Waals surface area contributed by atoms with Crippen LogP contribution in [0.2, 0.25) is 5.02 Å². The fraction of sp³-hybridized carbons (Fsp3) is 0.478. The summed E-state index contributed by atoms with van der Waals surface area (Å²) in [6.45, 7) is 0.624. The van der Waals surface area contributed by atoms with E-state index in [4.69, 9.17) is 11.6 Å². The summed E-state index contributed by atoms with van der Waals surface area (Å²) in [6, 6.07) is 9.07. The minimum absolute atomic E-state index is 0.108. The third-order valence-corrected chi connectivity index (χ3v) is 7.79. The van der Waals surface area contributed by atoms with Crippen molar-refractivity contribution >= 4 is 33.2 Å². The maximum absolute atomic E-state index is 13.2. The summed E-state index contributed by atoms with van der Waals surface area (Å²) >= 11 is 7.80. The van der Waals surface area contributed by atoms with Crippen molar-refractivity contribution in [3.05, 3.63) is 62.0 Å². The molecule has 0 bridgehead atoms. The first-order chi connectivity index (χ1) is 14.2. The number of hydrogen-bond acceptors (Lipinski definition) is 4. The summed E-state index contributed by atoms with van der Waals surface area (Å²) in [5.74, 6) is 0. The lowest BCUT2D eigenvalue weighted by Crippen LogP contribution is -2.40. The molecular weight excluding hydrogens is 402 g/mol. The van der Waals surface area contributed by atoms with Gasteiger partial charge in [0.25, 0.3) is 5.56 Å². The molecule has 3 aromatic rings. The molecule has 0 radical (unpaired) electrons. The molecule has 0 amide bonds. The van der Waals surface area contributed by atoms with Gasteiger partial charge in [0.1, 0.15) is 4.83 Å². The van der Waals surface area contributed by atoms with Crippen LogP contribution in [0.4, 0.5) is 0 Å². The summed E-state index contributed by atoms with van der Waals surface area (Å²) in [5, 5.41) is 5.46. The summed E-state index contributed by atoms with van der Waals surface area (Å²) in [5.41, 5.74) is 2.50. The Morgan fingerprint density at radius 3 is 2.90 bits per heavy atom. The van der Waals surface area contributed by atoms with Crippen molar-refractivity contribution in [2.45, 2.75) is 70.0 Å². The summed E-state index contributed by atoms with van der Waals surface area (Å²) < 4.78 is 1.76. The predicted molar refractivity (Wildman–Crippen MR) is 120 cm³/mol. The van der Waals surface area contributed by atoms with Gasteiger partial charge in [-0.05, 0) is 61.8 Å². The number of nitrogens with zero attached hydrogens (tertiary/aromatic N) is 2. The van der Waals surface area contributed by atoms with Crippen LogP contribution in [-0.4, -0.2) is 21.6 Å². The van der Waals surface area contributed by atoms with Crippen LogP contribution in [-0.2, 0) is 25.8 Å². The average Bonchev–Trinajstić information content (AvgIpc) is 3.35. The van der Waals surface area contributed by atoms with Gasteiger partial charge in [0.05, 0.1) is 11.7 Å². The molecule has 29 heavy (non-hydrogen) atoms. The molecule has 0 saturated heterocycles. The molecule has 0 aliphatic heterocycles. The lowest BCUT2D eigenvalue weighted by atomic mass is 9.92. The van der Waals surface area contributed by atoms with Gasteiger partial charge in [0, 0.05) is 28.5 Å². The van der Waals surface area contributed by atoms with E-state index in [0.717, 1.165) is 46.5 Å². The van der Waals surface area contributed by atoms with E-state index in [-0.39, 0.29) is 5.56 Å². The van der Waals surface area contributed by atoms with E-state index >= 15 is 0 Å². The standard InChI is InChI=1S/C23H26ClN3OS/c24-16-5-3-4-15(12-16)10-11-27-14-25-22-21(23(27)28)19-9-8-18(13-20(19)29-22)26-17-6-1-2-7-17/h3-5,12,14,17-18,26H,1-2,6-11,13H2/t18-/m0/s1. The molecule has 5 rings (SSSR count). The third-order valence-electron chi connectivity index (χ3n) is 6.39. The van der Waals surface area contributed by atoms with Gasteiger partial charge in [-0.1, -0.05) is 36.6 Å². The molecule has 1 N–H and O–H groups in total. The fourth-order valence-electron chi connectivity index (χ4n) is 4.87. The van der Waals surface area contributed by atoms with Crippen molar-refractivity contribution in [3.63, 3.8) is 0 Å². The van der Waals surface area contributed by atoms with E-state index < -0.39 is 0 Å². The van der Waals surface area contributed by atoms with Crippen LogP contribution in [0.1, 0.15) is 48.1 Å². The Kier molecular flexibility index (Phi) is 5.46. The van der Waals surface area contributed by atoms with Crippen LogP contribution >= 0.6 is 22.9 Å². The number of halogens is 1. The second kappa shape index (κ2) is 8.21. The molecule has 0 unspecified atom stereocenters. The van der Waals surface area contributed by atoms with E-state index in [9.17, 15) is 4.79 Å². The predicted octanol–water partition coefficient (Wildman–Crippen LogP) is 4.74. The molecule has 1 saturated carbocycles. The topological polar surface area (TPSA) is 46.9 Å². The van der Waals surface area contributed by atoms with Crippen molar-refractivity contribution in [1.29, 1.82) is 0 Å². The van der Waals surface area contributed by atoms with Gasteiger partial charge in [-0.2, -0.15) is 0 Å². The van der Waals surface area contributed by atoms with Gasteiger partial charge in [0.2, 0.25) is 0 Å². The Hall–Kier alpha value is -1.69. The molecule has 2 aliphatic rings. The van der Waals surface area contributed by atoms with Crippen LogP contribution in [0, 0.1) is 0 Å². The zero-order chi connectivity index (χ0) is 19.8. The minimum Gasteiger partial charge on any atom is -0.311 e. The highest BCUT2D eigenvalue weighted by atomic mass is 35.5.